The Balaban J connectivity index is 1.85. The fourth-order valence-corrected chi connectivity index (χ4v) is 2.96. The number of para-hydroxylation sites is 1. The SMILES string of the molecule is c1ccc2[nH]c(C3CCn4cccc43)cc2c1. The Bertz CT molecular complexity index is 642. The first kappa shape index (κ1) is 9.11. The molecule has 1 unspecified atom stereocenters. The summed E-state index contributed by atoms with van der Waals surface area (Å²) in [6.45, 7) is 1.14. The number of aromatic nitrogens is 2. The highest BCUT2D eigenvalue weighted by atomic mass is 15.0. The van der Waals surface area contributed by atoms with Crippen LogP contribution in [0.1, 0.15) is 23.7 Å². The number of fused-ring (bicyclic) bond motifs is 2. The minimum Gasteiger partial charge on any atom is -0.358 e. The molecule has 0 radical (unpaired) electrons. The second kappa shape index (κ2) is 3.27. The third-order valence-corrected chi connectivity index (χ3v) is 3.81. The van der Waals surface area contributed by atoms with E-state index in [0.717, 1.165) is 6.54 Å². The Morgan fingerprint density at radius 2 is 2.06 bits per heavy atom. The number of hydrogen-bond donors (Lipinski definition) is 1. The molecule has 84 valence electrons. The van der Waals surface area contributed by atoms with Gasteiger partial charge in [0.1, 0.15) is 0 Å². The fourth-order valence-electron chi connectivity index (χ4n) is 2.96. The normalized spacial score (nSPS) is 18.7. The van der Waals surface area contributed by atoms with Crippen molar-refractivity contribution in [2.75, 3.05) is 0 Å². The first-order valence-electron chi connectivity index (χ1n) is 6.14. The molecule has 1 atom stereocenters. The van der Waals surface area contributed by atoms with E-state index in [1.165, 1.54) is 28.7 Å². The van der Waals surface area contributed by atoms with Gasteiger partial charge in [-0.3, -0.25) is 0 Å². The maximum atomic E-state index is 3.55. The third-order valence-electron chi connectivity index (χ3n) is 3.81. The number of H-pyrrole nitrogens is 1. The molecule has 2 aromatic heterocycles. The molecule has 0 saturated heterocycles. The molecule has 0 aliphatic carbocycles. The van der Waals surface area contributed by atoms with Crippen LogP contribution in [0.5, 0.6) is 0 Å². The van der Waals surface area contributed by atoms with Crippen molar-refractivity contribution < 1.29 is 0 Å². The second-order valence-corrected chi connectivity index (χ2v) is 4.78. The molecule has 3 heterocycles. The van der Waals surface area contributed by atoms with Gasteiger partial charge < -0.3 is 9.55 Å². The summed E-state index contributed by atoms with van der Waals surface area (Å²) in [5, 5.41) is 1.31. The lowest BCUT2D eigenvalue weighted by Crippen LogP contribution is -1.95. The molecule has 1 aromatic carbocycles. The first-order chi connectivity index (χ1) is 8.42. The predicted octanol–water partition coefficient (Wildman–Crippen LogP) is 3.51. The molecule has 4 rings (SSSR count). The molecule has 0 bridgehead atoms. The Morgan fingerprint density at radius 3 is 3.00 bits per heavy atom. The molecule has 1 aliphatic rings. The van der Waals surface area contributed by atoms with E-state index in [0.29, 0.717) is 5.92 Å². The van der Waals surface area contributed by atoms with Gasteiger partial charge in [-0.1, -0.05) is 18.2 Å². The molecule has 0 amide bonds. The van der Waals surface area contributed by atoms with Crippen molar-refractivity contribution in [3.8, 4) is 0 Å². The highest BCUT2D eigenvalue weighted by molar-refractivity contribution is 5.80. The van der Waals surface area contributed by atoms with Crippen LogP contribution in [-0.2, 0) is 6.54 Å². The monoisotopic (exact) mass is 222 g/mol. The lowest BCUT2D eigenvalue weighted by Gasteiger charge is -2.06. The summed E-state index contributed by atoms with van der Waals surface area (Å²) in [5.74, 6) is 0.539. The van der Waals surface area contributed by atoms with Crippen molar-refractivity contribution in [1.82, 2.24) is 9.55 Å². The molecule has 0 saturated carbocycles. The first-order valence-corrected chi connectivity index (χ1v) is 6.14. The summed E-state index contributed by atoms with van der Waals surface area (Å²) in [6, 6.07) is 15.2. The lowest BCUT2D eigenvalue weighted by atomic mass is 10.0. The van der Waals surface area contributed by atoms with E-state index in [1.54, 1.807) is 0 Å². The van der Waals surface area contributed by atoms with Gasteiger partial charge in [-0.25, -0.2) is 0 Å². The van der Waals surface area contributed by atoms with Gasteiger partial charge in [-0.15, -0.1) is 0 Å². The lowest BCUT2D eigenvalue weighted by molar-refractivity contribution is 0.715. The number of benzene rings is 1. The van der Waals surface area contributed by atoms with E-state index in [2.05, 4.69) is 58.2 Å². The van der Waals surface area contributed by atoms with Gasteiger partial charge in [0.2, 0.25) is 0 Å². The van der Waals surface area contributed by atoms with Crippen LogP contribution in [0.4, 0.5) is 0 Å². The van der Waals surface area contributed by atoms with Crippen molar-refractivity contribution in [3.05, 3.63) is 60.0 Å². The zero-order valence-corrected chi connectivity index (χ0v) is 9.56. The fraction of sp³-hybridized carbons (Fsp3) is 0.200. The quantitative estimate of drug-likeness (QED) is 0.650. The maximum Gasteiger partial charge on any atom is 0.0456 e. The number of nitrogens with one attached hydrogen (secondary N) is 1. The highest BCUT2D eigenvalue weighted by Crippen LogP contribution is 2.35. The number of rotatable bonds is 1. The molecule has 1 aliphatic heterocycles. The average molecular weight is 222 g/mol. The molecule has 3 aromatic rings. The van der Waals surface area contributed by atoms with Gasteiger partial charge in [0.05, 0.1) is 0 Å². The Labute approximate surface area is 99.9 Å². The molecular weight excluding hydrogens is 208 g/mol. The van der Waals surface area contributed by atoms with Gasteiger partial charge in [0.25, 0.3) is 0 Å². The number of aromatic amines is 1. The summed E-state index contributed by atoms with van der Waals surface area (Å²) in [6.07, 6.45) is 3.39. The van der Waals surface area contributed by atoms with E-state index in [1.807, 2.05) is 0 Å². The zero-order chi connectivity index (χ0) is 11.2. The van der Waals surface area contributed by atoms with Crippen LogP contribution in [0.25, 0.3) is 10.9 Å². The van der Waals surface area contributed by atoms with Crippen LogP contribution in [-0.4, -0.2) is 9.55 Å². The van der Waals surface area contributed by atoms with Crippen molar-refractivity contribution in [2.45, 2.75) is 18.9 Å². The van der Waals surface area contributed by atoms with E-state index < -0.39 is 0 Å². The second-order valence-electron chi connectivity index (χ2n) is 4.78. The molecule has 0 fully saturated rings. The van der Waals surface area contributed by atoms with Crippen LogP contribution in [0, 0.1) is 0 Å². The van der Waals surface area contributed by atoms with Gasteiger partial charge in [0.15, 0.2) is 0 Å². The summed E-state index contributed by atoms with van der Waals surface area (Å²) in [5.41, 5.74) is 4.03. The highest BCUT2D eigenvalue weighted by Gasteiger charge is 2.24. The summed E-state index contributed by atoms with van der Waals surface area (Å²) < 4.78 is 2.36. The van der Waals surface area contributed by atoms with E-state index >= 15 is 0 Å². The predicted molar refractivity (Wildman–Crippen MR) is 69.2 cm³/mol. The van der Waals surface area contributed by atoms with Gasteiger partial charge >= 0.3 is 0 Å². The van der Waals surface area contributed by atoms with E-state index in [-0.39, 0.29) is 0 Å². The molecule has 1 N–H and O–H groups in total. The minimum atomic E-state index is 0.539. The van der Waals surface area contributed by atoms with Crippen LogP contribution in [0.15, 0.2) is 48.7 Å². The molecule has 17 heavy (non-hydrogen) atoms. The van der Waals surface area contributed by atoms with Crippen LogP contribution in [0.3, 0.4) is 0 Å². The Kier molecular flexibility index (Phi) is 1.75. The Morgan fingerprint density at radius 1 is 1.12 bits per heavy atom. The van der Waals surface area contributed by atoms with Crippen LogP contribution in [0.2, 0.25) is 0 Å². The molecular formula is C15H14N2. The standard InChI is InChI=1S/C15H14N2/c1-2-5-13-11(4-1)10-14(16-13)12-7-9-17-8-3-6-15(12)17/h1-6,8,10,12,16H,7,9H2. The van der Waals surface area contributed by atoms with Crippen molar-refractivity contribution in [1.29, 1.82) is 0 Å². The Hall–Kier alpha value is -1.96. The maximum absolute atomic E-state index is 3.55. The summed E-state index contributed by atoms with van der Waals surface area (Å²) in [7, 11) is 0. The van der Waals surface area contributed by atoms with Gasteiger partial charge in [-0.05, 0) is 36.1 Å². The largest absolute Gasteiger partial charge is 0.358 e. The smallest absolute Gasteiger partial charge is 0.0456 e. The molecule has 0 spiro atoms. The molecule has 2 heteroatoms. The van der Waals surface area contributed by atoms with Crippen LogP contribution >= 0.6 is 0 Å². The molecule has 2 nitrogen and oxygen atoms in total. The van der Waals surface area contributed by atoms with Gasteiger partial charge in [0, 0.05) is 35.6 Å². The van der Waals surface area contributed by atoms with Crippen molar-refractivity contribution in [2.24, 2.45) is 0 Å². The van der Waals surface area contributed by atoms with Crippen LogP contribution < -0.4 is 0 Å². The van der Waals surface area contributed by atoms with Crippen molar-refractivity contribution >= 4 is 10.9 Å². The minimum absolute atomic E-state index is 0.539. The number of nitrogens with zero attached hydrogens (tertiary/aromatic N) is 1. The summed E-state index contributed by atoms with van der Waals surface area (Å²) >= 11 is 0. The van der Waals surface area contributed by atoms with Crippen molar-refractivity contribution in [3.63, 3.8) is 0 Å². The van der Waals surface area contributed by atoms with E-state index in [4.69, 9.17) is 0 Å². The average Bonchev–Trinajstić information content (AvgIpc) is 3.02. The van der Waals surface area contributed by atoms with E-state index in [9.17, 15) is 0 Å². The zero-order valence-electron chi connectivity index (χ0n) is 9.56. The third kappa shape index (κ3) is 1.27. The number of aryl methyl sites for hydroxylation is 1. The van der Waals surface area contributed by atoms with Gasteiger partial charge in [-0.2, -0.15) is 0 Å². The topological polar surface area (TPSA) is 20.7 Å². The number of hydrogen-bond acceptors (Lipinski definition) is 0. The summed E-state index contributed by atoms with van der Waals surface area (Å²) in [4.78, 5) is 3.55.